The van der Waals surface area contributed by atoms with Crippen LogP contribution in [0.2, 0.25) is 0 Å². The van der Waals surface area contributed by atoms with Gasteiger partial charge in [0.25, 0.3) is 0 Å². The molecule has 0 bridgehead atoms. The Labute approximate surface area is 91.3 Å². The van der Waals surface area contributed by atoms with Gasteiger partial charge in [-0.25, -0.2) is 0 Å². The number of fused-ring (bicyclic) bond motifs is 1. The predicted octanol–water partition coefficient (Wildman–Crippen LogP) is 2.70. The van der Waals surface area contributed by atoms with Gasteiger partial charge < -0.3 is 9.67 Å². The highest BCUT2D eigenvalue weighted by molar-refractivity contribution is 9.10. The van der Waals surface area contributed by atoms with E-state index in [0.717, 1.165) is 9.99 Å². The van der Waals surface area contributed by atoms with E-state index in [2.05, 4.69) is 45.6 Å². The van der Waals surface area contributed by atoms with Crippen molar-refractivity contribution in [3.8, 4) is 0 Å². The second-order valence-corrected chi connectivity index (χ2v) is 4.25. The molecule has 0 spiro atoms. The van der Waals surface area contributed by atoms with Crippen LogP contribution in [0.3, 0.4) is 0 Å². The number of rotatable bonds is 2. The van der Waals surface area contributed by atoms with Crippen LogP contribution in [0.15, 0.2) is 28.9 Å². The molecule has 3 heteroatoms. The second kappa shape index (κ2) is 3.75. The molecule has 0 saturated carbocycles. The van der Waals surface area contributed by atoms with Crippen molar-refractivity contribution < 1.29 is 5.11 Å². The largest absolute Gasteiger partial charge is 0.395 e. The zero-order valence-corrected chi connectivity index (χ0v) is 9.58. The Morgan fingerprint density at radius 2 is 2.21 bits per heavy atom. The summed E-state index contributed by atoms with van der Waals surface area (Å²) in [6.45, 7) is 2.90. The van der Waals surface area contributed by atoms with Crippen LogP contribution in [0.25, 0.3) is 10.9 Å². The van der Waals surface area contributed by atoms with E-state index in [-0.39, 0.29) is 6.61 Å². The predicted molar refractivity (Wildman–Crippen MR) is 61.5 cm³/mol. The Bertz CT molecular complexity index is 462. The van der Waals surface area contributed by atoms with Crippen molar-refractivity contribution in [3.05, 3.63) is 34.4 Å². The van der Waals surface area contributed by atoms with Crippen LogP contribution in [0.5, 0.6) is 0 Å². The van der Waals surface area contributed by atoms with E-state index >= 15 is 0 Å². The van der Waals surface area contributed by atoms with Gasteiger partial charge in [-0.1, -0.05) is 15.9 Å². The summed E-state index contributed by atoms with van der Waals surface area (Å²) in [5, 5.41) is 10.1. The summed E-state index contributed by atoms with van der Waals surface area (Å²) in [5.41, 5.74) is 2.40. The molecule has 0 unspecified atom stereocenters. The number of aliphatic hydroxyl groups excluding tert-OH is 1. The van der Waals surface area contributed by atoms with Crippen LogP contribution in [0.1, 0.15) is 5.56 Å². The van der Waals surface area contributed by atoms with E-state index in [9.17, 15) is 0 Å². The van der Waals surface area contributed by atoms with Gasteiger partial charge in [0, 0.05) is 22.7 Å². The topological polar surface area (TPSA) is 25.2 Å². The fraction of sp³-hybridized carbons (Fsp3) is 0.273. The summed E-state index contributed by atoms with van der Waals surface area (Å²) < 4.78 is 3.17. The molecule has 0 aliphatic carbocycles. The lowest BCUT2D eigenvalue weighted by Crippen LogP contribution is -1.99. The molecule has 0 fully saturated rings. The number of aryl methyl sites for hydroxylation is 1. The Kier molecular flexibility index (Phi) is 2.61. The van der Waals surface area contributed by atoms with Crippen molar-refractivity contribution in [2.45, 2.75) is 13.5 Å². The van der Waals surface area contributed by atoms with Crippen LogP contribution < -0.4 is 0 Å². The maximum absolute atomic E-state index is 8.89. The van der Waals surface area contributed by atoms with Crippen LogP contribution >= 0.6 is 15.9 Å². The van der Waals surface area contributed by atoms with Gasteiger partial charge in [0.15, 0.2) is 0 Å². The first-order valence-corrected chi connectivity index (χ1v) is 5.37. The van der Waals surface area contributed by atoms with Crippen molar-refractivity contribution >= 4 is 26.8 Å². The summed E-state index contributed by atoms with van der Waals surface area (Å²) in [7, 11) is 0. The van der Waals surface area contributed by atoms with Gasteiger partial charge in [-0.2, -0.15) is 0 Å². The zero-order valence-electron chi connectivity index (χ0n) is 8.00. The fourth-order valence-corrected chi connectivity index (χ4v) is 1.96. The van der Waals surface area contributed by atoms with E-state index in [0.29, 0.717) is 6.54 Å². The molecule has 0 amide bonds. The molecule has 0 aliphatic rings. The van der Waals surface area contributed by atoms with Gasteiger partial charge in [-0.3, -0.25) is 0 Å². The molecule has 1 aromatic heterocycles. The van der Waals surface area contributed by atoms with Crippen molar-refractivity contribution in [1.29, 1.82) is 0 Å². The molecule has 14 heavy (non-hydrogen) atoms. The van der Waals surface area contributed by atoms with Gasteiger partial charge in [-0.15, -0.1) is 0 Å². The minimum Gasteiger partial charge on any atom is -0.395 e. The number of hydrogen-bond donors (Lipinski definition) is 1. The highest BCUT2D eigenvalue weighted by Gasteiger charge is 2.03. The Morgan fingerprint density at radius 1 is 1.43 bits per heavy atom. The molecule has 0 saturated heterocycles. The quantitative estimate of drug-likeness (QED) is 0.875. The molecule has 0 atom stereocenters. The normalized spacial score (nSPS) is 11.1. The van der Waals surface area contributed by atoms with Crippen molar-refractivity contribution in [2.24, 2.45) is 0 Å². The van der Waals surface area contributed by atoms with E-state index in [1.807, 2.05) is 6.20 Å². The average molecular weight is 254 g/mol. The molecular weight excluding hydrogens is 242 g/mol. The molecule has 1 N–H and O–H groups in total. The summed E-state index contributed by atoms with van der Waals surface area (Å²) in [6, 6.07) is 6.32. The molecule has 2 nitrogen and oxygen atoms in total. The lowest BCUT2D eigenvalue weighted by molar-refractivity contribution is 0.278. The van der Waals surface area contributed by atoms with Crippen LogP contribution in [0.4, 0.5) is 0 Å². The Hall–Kier alpha value is -0.800. The number of hydrogen-bond acceptors (Lipinski definition) is 1. The molecular formula is C11H12BrNO. The van der Waals surface area contributed by atoms with E-state index in [1.54, 1.807) is 0 Å². The first-order chi connectivity index (χ1) is 6.72. The summed E-state index contributed by atoms with van der Waals surface area (Å²) in [6.07, 6.45) is 2.01. The van der Waals surface area contributed by atoms with Gasteiger partial charge in [0.05, 0.1) is 6.61 Å². The highest BCUT2D eigenvalue weighted by atomic mass is 79.9. The fourth-order valence-electron chi connectivity index (χ4n) is 1.63. The molecule has 74 valence electrons. The lowest BCUT2D eigenvalue weighted by atomic mass is 10.2. The summed E-state index contributed by atoms with van der Waals surface area (Å²) in [5.74, 6) is 0. The van der Waals surface area contributed by atoms with Gasteiger partial charge in [0.2, 0.25) is 0 Å². The third kappa shape index (κ3) is 1.57. The number of halogens is 1. The lowest BCUT2D eigenvalue weighted by Gasteiger charge is -2.04. The van der Waals surface area contributed by atoms with Crippen LogP contribution in [-0.2, 0) is 6.54 Å². The monoisotopic (exact) mass is 253 g/mol. The molecule has 0 radical (unpaired) electrons. The SMILES string of the molecule is Cc1cc2ccn(CCO)c2cc1Br. The van der Waals surface area contributed by atoms with Crippen LogP contribution in [0, 0.1) is 6.92 Å². The Morgan fingerprint density at radius 3 is 2.93 bits per heavy atom. The van der Waals surface area contributed by atoms with Gasteiger partial charge >= 0.3 is 0 Å². The Balaban J connectivity index is 2.61. The van der Waals surface area contributed by atoms with Crippen LogP contribution in [-0.4, -0.2) is 16.3 Å². The molecule has 1 aromatic carbocycles. The smallest absolute Gasteiger partial charge is 0.0610 e. The summed E-state index contributed by atoms with van der Waals surface area (Å²) in [4.78, 5) is 0. The molecule has 1 heterocycles. The second-order valence-electron chi connectivity index (χ2n) is 3.39. The first kappa shape index (κ1) is 9.74. The molecule has 0 aliphatic heterocycles. The first-order valence-electron chi connectivity index (χ1n) is 4.58. The maximum Gasteiger partial charge on any atom is 0.0610 e. The van der Waals surface area contributed by atoms with E-state index < -0.39 is 0 Å². The molecule has 2 aromatic rings. The van der Waals surface area contributed by atoms with Crippen molar-refractivity contribution in [2.75, 3.05) is 6.61 Å². The zero-order chi connectivity index (χ0) is 10.1. The van der Waals surface area contributed by atoms with Crippen molar-refractivity contribution in [3.63, 3.8) is 0 Å². The highest BCUT2D eigenvalue weighted by Crippen LogP contribution is 2.24. The minimum absolute atomic E-state index is 0.176. The maximum atomic E-state index is 8.89. The van der Waals surface area contributed by atoms with Gasteiger partial charge in [-0.05, 0) is 36.1 Å². The standard InChI is InChI=1S/C11H12BrNO/c1-8-6-9-2-3-13(4-5-14)11(9)7-10(8)12/h2-3,6-7,14H,4-5H2,1H3. The third-order valence-electron chi connectivity index (χ3n) is 2.39. The average Bonchev–Trinajstić information content (AvgIpc) is 2.51. The number of nitrogens with zero attached hydrogens (tertiary/aromatic N) is 1. The van der Waals surface area contributed by atoms with Crippen molar-refractivity contribution in [1.82, 2.24) is 4.57 Å². The number of aromatic nitrogens is 1. The van der Waals surface area contributed by atoms with Gasteiger partial charge in [0.1, 0.15) is 0 Å². The summed E-state index contributed by atoms with van der Waals surface area (Å²) >= 11 is 3.51. The third-order valence-corrected chi connectivity index (χ3v) is 3.25. The number of benzene rings is 1. The van der Waals surface area contributed by atoms with E-state index in [4.69, 9.17) is 5.11 Å². The number of aliphatic hydroxyl groups is 1. The molecule has 2 rings (SSSR count). The van der Waals surface area contributed by atoms with E-state index in [1.165, 1.54) is 10.9 Å². The minimum atomic E-state index is 0.176.